The molecular weight excluding hydrogens is 421 g/mol. The highest BCUT2D eigenvalue weighted by Crippen LogP contribution is 2.25. The van der Waals surface area contributed by atoms with Crippen molar-refractivity contribution in [3.8, 4) is 5.75 Å². The summed E-state index contributed by atoms with van der Waals surface area (Å²) in [4.78, 5) is 14.5. The third-order valence-electron chi connectivity index (χ3n) is 3.52. The number of rotatable bonds is 3. The van der Waals surface area contributed by atoms with Gasteiger partial charge in [0.25, 0.3) is 5.91 Å². The molecule has 3 nitrogen and oxygen atoms in total. The second kappa shape index (κ2) is 6.92. The Morgan fingerprint density at radius 1 is 1.47 bits per heavy atom. The average molecular weight is 438 g/mol. The molecule has 1 aromatic carbocycles. The van der Waals surface area contributed by atoms with Crippen LogP contribution in [0.2, 0.25) is 0 Å². The van der Waals surface area contributed by atoms with Crippen LogP contribution in [0.3, 0.4) is 0 Å². The van der Waals surface area contributed by atoms with Gasteiger partial charge in [-0.1, -0.05) is 15.9 Å². The first-order valence-corrected chi connectivity index (χ1v) is 8.69. The van der Waals surface area contributed by atoms with Gasteiger partial charge in [0, 0.05) is 23.5 Å². The highest BCUT2D eigenvalue weighted by atomic mass is 127. The molecule has 0 radical (unpaired) electrons. The summed E-state index contributed by atoms with van der Waals surface area (Å²) in [5, 5.41) is 10.6. The van der Waals surface area contributed by atoms with E-state index in [0.29, 0.717) is 11.6 Å². The summed E-state index contributed by atoms with van der Waals surface area (Å²) in [7, 11) is 0. The Kier molecular flexibility index (Phi) is 5.50. The van der Waals surface area contributed by atoms with Gasteiger partial charge in [-0.2, -0.15) is 0 Å². The van der Waals surface area contributed by atoms with E-state index in [9.17, 15) is 9.90 Å². The molecule has 0 saturated carbocycles. The lowest BCUT2D eigenvalue weighted by Crippen LogP contribution is -2.43. The first-order valence-electron chi connectivity index (χ1n) is 6.49. The van der Waals surface area contributed by atoms with Gasteiger partial charge in [-0.25, -0.2) is 0 Å². The van der Waals surface area contributed by atoms with Gasteiger partial charge >= 0.3 is 0 Å². The van der Waals surface area contributed by atoms with E-state index < -0.39 is 0 Å². The van der Waals surface area contributed by atoms with Crippen LogP contribution >= 0.6 is 38.5 Å². The van der Waals surface area contributed by atoms with E-state index >= 15 is 0 Å². The molecule has 0 spiro atoms. The maximum absolute atomic E-state index is 12.5. The molecular formula is C14H17BrINO2. The largest absolute Gasteiger partial charge is 0.507 e. The van der Waals surface area contributed by atoms with Crippen molar-refractivity contribution in [1.29, 1.82) is 0 Å². The van der Waals surface area contributed by atoms with E-state index in [1.165, 1.54) is 6.42 Å². The minimum atomic E-state index is 0.0392. The van der Waals surface area contributed by atoms with Crippen molar-refractivity contribution in [1.82, 2.24) is 4.90 Å². The third-order valence-corrected chi connectivity index (χ3v) is 4.89. The van der Waals surface area contributed by atoms with E-state index in [0.717, 1.165) is 34.7 Å². The number of carbonyl (C=O) groups excluding carboxylic acids is 1. The summed E-state index contributed by atoms with van der Waals surface area (Å²) in [5.74, 6) is 0.220. The van der Waals surface area contributed by atoms with Crippen LogP contribution in [0.5, 0.6) is 5.75 Å². The zero-order valence-corrected chi connectivity index (χ0v) is 14.4. The van der Waals surface area contributed by atoms with Gasteiger partial charge in [-0.15, -0.1) is 0 Å². The molecule has 1 atom stereocenters. The fourth-order valence-electron chi connectivity index (χ4n) is 2.51. The molecule has 5 heteroatoms. The van der Waals surface area contributed by atoms with Gasteiger partial charge in [0.05, 0.1) is 3.57 Å². The highest BCUT2D eigenvalue weighted by molar-refractivity contribution is 14.1. The van der Waals surface area contributed by atoms with Gasteiger partial charge in [-0.3, -0.25) is 4.79 Å². The highest BCUT2D eigenvalue weighted by Gasteiger charge is 2.27. The number of hydrogen-bond acceptors (Lipinski definition) is 2. The van der Waals surface area contributed by atoms with Crippen LogP contribution in [-0.4, -0.2) is 33.8 Å². The van der Waals surface area contributed by atoms with E-state index in [2.05, 4.69) is 38.5 Å². The van der Waals surface area contributed by atoms with Crippen LogP contribution in [-0.2, 0) is 0 Å². The number of aromatic hydroxyl groups is 1. The number of nitrogens with zero attached hydrogens (tertiary/aromatic N) is 1. The first-order chi connectivity index (χ1) is 9.13. The fourth-order valence-corrected chi connectivity index (χ4v) is 3.37. The number of carbonyl (C=O) groups is 1. The summed E-state index contributed by atoms with van der Waals surface area (Å²) in [6, 6.07) is 5.47. The standard InChI is InChI=1S/C14H17BrINO2/c15-7-6-11-3-1-2-8-17(11)14(19)10-4-5-12(16)13(18)9-10/h4-5,9,11,18H,1-3,6-8H2. The molecule has 1 amide bonds. The molecule has 0 aliphatic carbocycles. The van der Waals surface area contributed by atoms with Crippen molar-refractivity contribution >= 4 is 44.4 Å². The Morgan fingerprint density at radius 3 is 2.95 bits per heavy atom. The summed E-state index contributed by atoms with van der Waals surface area (Å²) >= 11 is 5.52. The predicted molar refractivity (Wildman–Crippen MR) is 87.9 cm³/mol. The Balaban J connectivity index is 2.18. The molecule has 1 aromatic rings. The minimum absolute atomic E-state index is 0.0392. The predicted octanol–water partition coefficient (Wildman–Crippen LogP) is 3.78. The molecule has 2 rings (SSSR count). The smallest absolute Gasteiger partial charge is 0.254 e. The number of phenols is 1. The van der Waals surface area contributed by atoms with Crippen molar-refractivity contribution < 1.29 is 9.90 Å². The van der Waals surface area contributed by atoms with Crippen LogP contribution in [0.1, 0.15) is 36.0 Å². The van der Waals surface area contributed by atoms with Crippen LogP contribution in [0, 0.1) is 3.57 Å². The first kappa shape index (κ1) is 15.1. The quantitative estimate of drug-likeness (QED) is 0.577. The topological polar surface area (TPSA) is 40.5 Å². The van der Waals surface area contributed by atoms with E-state index in [1.54, 1.807) is 18.2 Å². The SMILES string of the molecule is O=C(c1ccc(I)c(O)c1)N1CCCCC1CCBr. The number of benzene rings is 1. The second-order valence-electron chi connectivity index (χ2n) is 4.79. The minimum Gasteiger partial charge on any atom is -0.507 e. The molecule has 1 heterocycles. The van der Waals surface area contributed by atoms with Crippen molar-refractivity contribution in [2.45, 2.75) is 31.7 Å². The zero-order valence-electron chi connectivity index (χ0n) is 10.6. The van der Waals surface area contributed by atoms with Crippen molar-refractivity contribution in [3.05, 3.63) is 27.3 Å². The number of alkyl halides is 1. The molecule has 1 N–H and O–H groups in total. The average Bonchev–Trinajstić information content (AvgIpc) is 2.42. The van der Waals surface area contributed by atoms with Gasteiger partial charge in [0.2, 0.25) is 0 Å². The van der Waals surface area contributed by atoms with E-state index in [4.69, 9.17) is 0 Å². The van der Waals surface area contributed by atoms with Crippen LogP contribution in [0.15, 0.2) is 18.2 Å². The van der Waals surface area contributed by atoms with Crippen LogP contribution in [0.25, 0.3) is 0 Å². The molecule has 1 fully saturated rings. The second-order valence-corrected chi connectivity index (χ2v) is 6.75. The summed E-state index contributed by atoms with van der Waals surface area (Å²) in [6.07, 6.45) is 4.33. The number of hydrogen-bond donors (Lipinski definition) is 1. The lowest BCUT2D eigenvalue weighted by atomic mass is 9.99. The van der Waals surface area contributed by atoms with Crippen LogP contribution < -0.4 is 0 Å². The molecule has 19 heavy (non-hydrogen) atoms. The Labute approximate surface area is 135 Å². The maximum atomic E-state index is 12.5. The Bertz CT molecular complexity index is 465. The summed E-state index contributed by atoms with van der Waals surface area (Å²) in [6.45, 7) is 0.823. The number of piperidine rings is 1. The monoisotopic (exact) mass is 437 g/mol. The van der Waals surface area contributed by atoms with Gasteiger partial charge in [0.15, 0.2) is 0 Å². The number of likely N-dealkylation sites (tertiary alicyclic amines) is 1. The van der Waals surface area contributed by atoms with Crippen molar-refractivity contribution in [2.24, 2.45) is 0 Å². The van der Waals surface area contributed by atoms with E-state index in [-0.39, 0.29) is 11.7 Å². The molecule has 0 bridgehead atoms. The molecule has 1 aliphatic rings. The summed E-state index contributed by atoms with van der Waals surface area (Å²) < 4.78 is 0.768. The third kappa shape index (κ3) is 3.62. The molecule has 104 valence electrons. The lowest BCUT2D eigenvalue weighted by molar-refractivity contribution is 0.0609. The summed E-state index contributed by atoms with van der Waals surface area (Å²) in [5.41, 5.74) is 0.583. The Morgan fingerprint density at radius 2 is 2.26 bits per heavy atom. The van der Waals surface area contributed by atoms with E-state index in [1.807, 2.05) is 4.90 Å². The van der Waals surface area contributed by atoms with Gasteiger partial charge < -0.3 is 10.0 Å². The van der Waals surface area contributed by atoms with Gasteiger partial charge in [0.1, 0.15) is 5.75 Å². The van der Waals surface area contributed by atoms with Crippen LogP contribution in [0.4, 0.5) is 0 Å². The van der Waals surface area contributed by atoms with Crippen molar-refractivity contribution in [2.75, 3.05) is 11.9 Å². The van der Waals surface area contributed by atoms with Crippen molar-refractivity contribution in [3.63, 3.8) is 0 Å². The maximum Gasteiger partial charge on any atom is 0.254 e. The molecule has 1 aliphatic heterocycles. The van der Waals surface area contributed by atoms with Gasteiger partial charge in [-0.05, 0) is 66.5 Å². The fraction of sp³-hybridized carbons (Fsp3) is 0.500. The Hall–Kier alpha value is -0.300. The molecule has 0 aromatic heterocycles. The normalized spacial score (nSPS) is 19.5. The number of amides is 1. The zero-order chi connectivity index (χ0) is 13.8. The number of halogens is 2. The molecule has 1 unspecified atom stereocenters. The molecule has 1 saturated heterocycles. The lowest BCUT2D eigenvalue weighted by Gasteiger charge is -2.35. The number of phenolic OH excluding ortho intramolecular Hbond substituents is 1.